The summed E-state index contributed by atoms with van der Waals surface area (Å²) >= 11 is 0. The van der Waals surface area contributed by atoms with Gasteiger partial charge in [0, 0.05) is 11.3 Å². The van der Waals surface area contributed by atoms with E-state index < -0.39 is 23.5 Å². The van der Waals surface area contributed by atoms with E-state index in [1.165, 1.54) is 24.3 Å². The average Bonchev–Trinajstić information content (AvgIpc) is 2.39. The second-order valence-corrected chi connectivity index (χ2v) is 3.88. The highest BCUT2D eigenvalue weighted by atomic mass is 19.1. The molecule has 0 saturated heterocycles. The van der Waals surface area contributed by atoms with Gasteiger partial charge in [-0.05, 0) is 36.4 Å². The third-order valence-electron chi connectivity index (χ3n) is 2.53. The van der Waals surface area contributed by atoms with Crippen molar-refractivity contribution < 1.29 is 13.2 Å². The van der Waals surface area contributed by atoms with Gasteiger partial charge in [-0.2, -0.15) is 5.26 Å². The second kappa shape index (κ2) is 5.44. The van der Waals surface area contributed by atoms with Gasteiger partial charge in [-0.3, -0.25) is 0 Å². The van der Waals surface area contributed by atoms with Gasteiger partial charge in [0.2, 0.25) is 0 Å². The molecule has 5 heteroatoms. The number of rotatable bonds is 3. The van der Waals surface area contributed by atoms with Crippen LogP contribution in [-0.4, -0.2) is 0 Å². The number of hydrogen-bond acceptors (Lipinski definition) is 2. The summed E-state index contributed by atoms with van der Waals surface area (Å²) in [5, 5.41) is 11.7. The van der Waals surface area contributed by atoms with E-state index in [4.69, 9.17) is 5.26 Å². The molecule has 0 radical (unpaired) electrons. The van der Waals surface area contributed by atoms with Gasteiger partial charge in [-0.1, -0.05) is 6.07 Å². The zero-order valence-electron chi connectivity index (χ0n) is 9.70. The number of nitrogens with one attached hydrogen (secondary N) is 1. The molecule has 0 saturated carbocycles. The van der Waals surface area contributed by atoms with Gasteiger partial charge in [-0.15, -0.1) is 0 Å². The number of benzene rings is 2. The van der Waals surface area contributed by atoms with Crippen LogP contribution >= 0.6 is 0 Å². The fraction of sp³-hybridized carbons (Fsp3) is 0.0714. The highest BCUT2D eigenvalue weighted by molar-refractivity contribution is 5.47. The molecule has 2 aromatic rings. The summed E-state index contributed by atoms with van der Waals surface area (Å²) in [6.07, 6.45) is 0. The molecule has 2 aromatic carbocycles. The van der Waals surface area contributed by atoms with Crippen LogP contribution in [-0.2, 0) is 0 Å². The first-order valence-electron chi connectivity index (χ1n) is 5.47. The summed E-state index contributed by atoms with van der Waals surface area (Å²) in [7, 11) is 0. The lowest BCUT2D eigenvalue weighted by atomic mass is 10.1. The predicted octanol–water partition coefficient (Wildman–Crippen LogP) is 3.78. The van der Waals surface area contributed by atoms with Crippen molar-refractivity contribution in [1.29, 1.82) is 5.26 Å². The number of halogens is 3. The van der Waals surface area contributed by atoms with Crippen molar-refractivity contribution in [2.24, 2.45) is 0 Å². The molecule has 0 spiro atoms. The van der Waals surface area contributed by atoms with E-state index in [0.717, 1.165) is 18.2 Å². The molecule has 96 valence electrons. The molecular weight excluding hydrogens is 253 g/mol. The lowest BCUT2D eigenvalue weighted by molar-refractivity contribution is 0.583. The van der Waals surface area contributed by atoms with Crippen LogP contribution in [0, 0.1) is 28.8 Å². The number of nitriles is 1. The van der Waals surface area contributed by atoms with Gasteiger partial charge >= 0.3 is 0 Å². The normalized spacial score (nSPS) is 11.7. The van der Waals surface area contributed by atoms with Crippen molar-refractivity contribution in [2.45, 2.75) is 6.04 Å². The fourth-order valence-electron chi connectivity index (χ4n) is 1.66. The fourth-order valence-corrected chi connectivity index (χ4v) is 1.66. The first-order chi connectivity index (χ1) is 9.10. The van der Waals surface area contributed by atoms with Crippen LogP contribution in [0.5, 0.6) is 0 Å². The summed E-state index contributed by atoms with van der Waals surface area (Å²) in [5.74, 6) is -1.82. The monoisotopic (exact) mass is 262 g/mol. The second-order valence-electron chi connectivity index (χ2n) is 3.88. The molecule has 0 aliphatic carbocycles. The average molecular weight is 262 g/mol. The summed E-state index contributed by atoms with van der Waals surface area (Å²) in [5.41, 5.74) is 0.196. The van der Waals surface area contributed by atoms with Crippen molar-refractivity contribution in [3.05, 3.63) is 65.5 Å². The molecule has 0 aliphatic heterocycles. The van der Waals surface area contributed by atoms with Crippen LogP contribution in [0.25, 0.3) is 0 Å². The minimum absolute atomic E-state index is 0.119. The Labute approximate surface area is 108 Å². The van der Waals surface area contributed by atoms with Crippen molar-refractivity contribution in [3.8, 4) is 6.07 Å². The summed E-state index contributed by atoms with van der Waals surface area (Å²) in [6.45, 7) is 0. The maximum atomic E-state index is 13.6. The van der Waals surface area contributed by atoms with Crippen LogP contribution < -0.4 is 5.32 Å². The number of anilines is 1. The number of nitrogens with zero attached hydrogens (tertiary/aromatic N) is 1. The van der Waals surface area contributed by atoms with Crippen LogP contribution in [0.4, 0.5) is 18.9 Å². The van der Waals surface area contributed by atoms with E-state index in [0.29, 0.717) is 5.69 Å². The minimum atomic E-state index is -1.10. The molecule has 1 atom stereocenters. The van der Waals surface area contributed by atoms with E-state index in [9.17, 15) is 13.2 Å². The molecule has 0 bridgehead atoms. The highest BCUT2D eigenvalue weighted by Crippen LogP contribution is 2.22. The van der Waals surface area contributed by atoms with Crippen LogP contribution in [0.15, 0.2) is 42.5 Å². The Morgan fingerprint density at radius 2 is 1.74 bits per heavy atom. The quantitative estimate of drug-likeness (QED) is 0.913. The first-order valence-corrected chi connectivity index (χ1v) is 5.47. The van der Waals surface area contributed by atoms with Crippen molar-refractivity contribution in [3.63, 3.8) is 0 Å². The molecule has 0 heterocycles. The first kappa shape index (κ1) is 13.0. The van der Waals surface area contributed by atoms with Gasteiger partial charge in [0.15, 0.2) is 0 Å². The molecule has 1 N–H and O–H groups in total. The number of hydrogen-bond donors (Lipinski definition) is 1. The van der Waals surface area contributed by atoms with Crippen molar-refractivity contribution >= 4 is 5.69 Å². The molecule has 0 amide bonds. The summed E-state index contributed by atoms with van der Waals surface area (Å²) in [6, 6.07) is 8.97. The van der Waals surface area contributed by atoms with E-state index >= 15 is 0 Å². The molecular formula is C14H9F3N2. The Kier molecular flexibility index (Phi) is 3.71. The maximum Gasteiger partial charge on any atom is 0.143 e. The predicted molar refractivity (Wildman–Crippen MR) is 64.7 cm³/mol. The van der Waals surface area contributed by atoms with E-state index in [2.05, 4.69) is 5.32 Å². The van der Waals surface area contributed by atoms with Gasteiger partial charge in [0.1, 0.15) is 23.5 Å². The molecule has 0 aliphatic rings. The highest BCUT2D eigenvalue weighted by Gasteiger charge is 2.16. The van der Waals surface area contributed by atoms with Gasteiger partial charge < -0.3 is 5.32 Å². The molecule has 2 rings (SSSR count). The lowest BCUT2D eigenvalue weighted by Crippen LogP contribution is -2.11. The third-order valence-corrected chi connectivity index (χ3v) is 2.53. The molecule has 0 fully saturated rings. The zero-order chi connectivity index (χ0) is 13.8. The smallest absolute Gasteiger partial charge is 0.143 e. The van der Waals surface area contributed by atoms with E-state index in [1.807, 2.05) is 6.07 Å². The van der Waals surface area contributed by atoms with E-state index in [-0.39, 0.29) is 5.56 Å². The molecule has 19 heavy (non-hydrogen) atoms. The summed E-state index contributed by atoms with van der Waals surface area (Å²) in [4.78, 5) is 0. The van der Waals surface area contributed by atoms with Crippen molar-refractivity contribution in [1.82, 2.24) is 0 Å². The zero-order valence-corrected chi connectivity index (χ0v) is 9.70. The topological polar surface area (TPSA) is 35.8 Å². The van der Waals surface area contributed by atoms with E-state index in [1.54, 1.807) is 0 Å². The van der Waals surface area contributed by atoms with Gasteiger partial charge in [-0.25, -0.2) is 13.2 Å². The third kappa shape index (κ3) is 3.05. The Morgan fingerprint density at radius 1 is 1.00 bits per heavy atom. The van der Waals surface area contributed by atoms with Crippen LogP contribution in [0.1, 0.15) is 11.6 Å². The molecule has 1 unspecified atom stereocenters. The Morgan fingerprint density at radius 3 is 2.42 bits per heavy atom. The SMILES string of the molecule is N#CC(Nc1cccc(F)c1)c1cc(F)ccc1F. The molecule has 0 aromatic heterocycles. The van der Waals surface area contributed by atoms with Crippen LogP contribution in [0.3, 0.4) is 0 Å². The Hall–Kier alpha value is -2.48. The Balaban J connectivity index is 2.31. The molecule has 2 nitrogen and oxygen atoms in total. The lowest BCUT2D eigenvalue weighted by Gasteiger charge is -2.14. The maximum absolute atomic E-state index is 13.6. The van der Waals surface area contributed by atoms with Crippen molar-refractivity contribution in [2.75, 3.05) is 5.32 Å². The van der Waals surface area contributed by atoms with Gasteiger partial charge in [0.05, 0.1) is 6.07 Å². The Bertz CT molecular complexity index is 635. The standard InChI is InChI=1S/C14H9F3N2/c15-9-2-1-3-11(6-9)19-14(8-18)12-7-10(16)4-5-13(12)17/h1-7,14,19H. The largest absolute Gasteiger partial charge is 0.366 e. The summed E-state index contributed by atoms with van der Waals surface area (Å²) < 4.78 is 39.7. The minimum Gasteiger partial charge on any atom is -0.366 e. The van der Waals surface area contributed by atoms with Crippen LogP contribution in [0.2, 0.25) is 0 Å². The van der Waals surface area contributed by atoms with Gasteiger partial charge in [0.25, 0.3) is 0 Å².